The molecule has 0 unspecified atom stereocenters. The summed E-state index contributed by atoms with van der Waals surface area (Å²) in [6.07, 6.45) is 5.00. The van der Waals surface area contributed by atoms with E-state index < -0.39 is 0 Å². The molecular weight excluding hydrogens is 212 g/mol. The SMILES string of the molecule is COc1ncc(Cl)cc1-c1ccncc1. The Morgan fingerprint density at radius 2 is 2.00 bits per heavy atom. The summed E-state index contributed by atoms with van der Waals surface area (Å²) in [6.45, 7) is 0. The molecule has 0 saturated carbocycles. The molecular formula is C11H9ClN2O. The molecule has 0 fully saturated rings. The van der Waals surface area contributed by atoms with Crippen LogP contribution < -0.4 is 4.74 Å². The van der Waals surface area contributed by atoms with Gasteiger partial charge in [-0.05, 0) is 23.8 Å². The molecule has 0 atom stereocenters. The molecule has 0 amide bonds. The summed E-state index contributed by atoms with van der Waals surface area (Å²) in [4.78, 5) is 8.05. The fourth-order valence-corrected chi connectivity index (χ4v) is 1.49. The number of pyridine rings is 2. The Morgan fingerprint density at radius 1 is 1.27 bits per heavy atom. The van der Waals surface area contributed by atoms with Gasteiger partial charge in [0.05, 0.1) is 12.1 Å². The lowest BCUT2D eigenvalue weighted by Gasteiger charge is -2.07. The minimum Gasteiger partial charge on any atom is -0.481 e. The summed E-state index contributed by atoms with van der Waals surface area (Å²) < 4.78 is 5.16. The van der Waals surface area contributed by atoms with E-state index in [1.165, 1.54) is 0 Å². The third-order valence-corrected chi connectivity index (χ3v) is 2.21. The van der Waals surface area contributed by atoms with E-state index in [0.29, 0.717) is 10.9 Å². The van der Waals surface area contributed by atoms with Crippen LogP contribution in [0.2, 0.25) is 5.02 Å². The Balaban J connectivity index is 2.56. The second-order valence-electron chi connectivity index (χ2n) is 2.95. The number of rotatable bonds is 2. The van der Waals surface area contributed by atoms with E-state index in [2.05, 4.69) is 9.97 Å². The van der Waals surface area contributed by atoms with E-state index in [0.717, 1.165) is 11.1 Å². The highest BCUT2D eigenvalue weighted by Gasteiger charge is 2.07. The van der Waals surface area contributed by atoms with Crippen molar-refractivity contribution in [1.82, 2.24) is 9.97 Å². The highest BCUT2D eigenvalue weighted by molar-refractivity contribution is 6.30. The average Bonchev–Trinajstić information content (AvgIpc) is 2.30. The zero-order valence-electron chi connectivity index (χ0n) is 8.14. The molecule has 2 heterocycles. The van der Waals surface area contributed by atoms with Gasteiger partial charge in [0.15, 0.2) is 0 Å². The van der Waals surface area contributed by atoms with Gasteiger partial charge in [-0.15, -0.1) is 0 Å². The van der Waals surface area contributed by atoms with Crippen molar-refractivity contribution < 1.29 is 4.74 Å². The number of nitrogens with zero attached hydrogens (tertiary/aromatic N) is 2. The Kier molecular flexibility index (Phi) is 2.83. The fourth-order valence-electron chi connectivity index (χ4n) is 1.33. The Bertz CT molecular complexity index is 459. The van der Waals surface area contributed by atoms with Gasteiger partial charge in [-0.3, -0.25) is 4.98 Å². The predicted molar refractivity (Wildman–Crippen MR) is 59.0 cm³/mol. The van der Waals surface area contributed by atoms with Crippen LogP contribution in [0.15, 0.2) is 36.8 Å². The Labute approximate surface area is 92.7 Å². The minimum absolute atomic E-state index is 0.561. The van der Waals surface area contributed by atoms with Gasteiger partial charge >= 0.3 is 0 Å². The second-order valence-corrected chi connectivity index (χ2v) is 3.38. The number of methoxy groups -OCH3 is 1. The van der Waals surface area contributed by atoms with Gasteiger partial charge in [0.2, 0.25) is 5.88 Å². The molecule has 2 aromatic rings. The van der Waals surface area contributed by atoms with Crippen molar-refractivity contribution in [1.29, 1.82) is 0 Å². The molecule has 4 heteroatoms. The van der Waals surface area contributed by atoms with E-state index in [9.17, 15) is 0 Å². The largest absolute Gasteiger partial charge is 0.481 e. The molecule has 15 heavy (non-hydrogen) atoms. The molecule has 0 aliphatic carbocycles. The van der Waals surface area contributed by atoms with Crippen molar-refractivity contribution in [3.63, 3.8) is 0 Å². The molecule has 0 radical (unpaired) electrons. The van der Waals surface area contributed by atoms with Crippen LogP contribution in [-0.2, 0) is 0 Å². The van der Waals surface area contributed by atoms with Crippen LogP contribution in [0.1, 0.15) is 0 Å². The summed E-state index contributed by atoms with van der Waals surface area (Å²) in [7, 11) is 1.58. The fraction of sp³-hybridized carbons (Fsp3) is 0.0909. The van der Waals surface area contributed by atoms with Crippen LogP contribution in [0.5, 0.6) is 5.88 Å². The maximum absolute atomic E-state index is 5.89. The van der Waals surface area contributed by atoms with Gasteiger partial charge in [0, 0.05) is 24.2 Å². The number of aromatic nitrogens is 2. The molecule has 0 N–H and O–H groups in total. The zero-order valence-corrected chi connectivity index (χ0v) is 8.90. The first-order valence-corrected chi connectivity index (χ1v) is 4.79. The van der Waals surface area contributed by atoms with Crippen molar-refractivity contribution in [2.24, 2.45) is 0 Å². The van der Waals surface area contributed by atoms with Crippen LogP contribution in [0.25, 0.3) is 11.1 Å². The van der Waals surface area contributed by atoms with Crippen LogP contribution in [0.4, 0.5) is 0 Å². The third kappa shape index (κ3) is 2.07. The van der Waals surface area contributed by atoms with Gasteiger partial charge in [-0.2, -0.15) is 0 Å². The molecule has 0 spiro atoms. The first-order chi connectivity index (χ1) is 7.31. The number of hydrogen-bond donors (Lipinski definition) is 0. The maximum atomic E-state index is 5.89. The second kappa shape index (κ2) is 4.28. The standard InChI is InChI=1S/C11H9ClN2O/c1-15-11-10(6-9(12)7-14-11)8-2-4-13-5-3-8/h2-7H,1H3. The van der Waals surface area contributed by atoms with E-state index in [4.69, 9.17) is 16.3 Å². The maximum Gasteiger partial charge on any atom is 0.221 e. The Hall–Kier alpha value is -1.61. The summed E-state index contributed by atoms with van der Waals surface area (Å²) in [5.41, 5.74) is 1.85. The molecule has 0 saturated heterocycles. The minimum atomic E-state index is 0.561. The summed E-state index contributed by atoms with van der Waals surface area (Å²) in [5, 5.41) is 0.586. The van der Waals surface area contributed by atoms with Crippen molar-refractivity contribution in [2.75, 3.05) is 7.11 Å². The molecule has 76 valence electrons. The Morgan fingerprint density at radius 3 is 2.67 bits per heavy atom. The van der Waals surface area contributed by atoms with Gasteiger partial charge in [-0.25, -0.2) is 4.98 Å². The van der Waals surface area contributed by atoms with Crippen molar-refractivity contribution in [3.05, 3.63) is 41.8 Å². The normalized spacial score (nSPS) is 10.0. The topological polar surface area (TPSA) is 35.0 Å². The zero-order chi connectivity index (χ0) is 10.7. The predicted octanol–water partition coefficient (Wildman–Crippen LogP) is 2.81. The van der Waals surface area contributed by atoms with Gasteiger partial charge in [0.1, 0.15) is 0 Å². The first-order valence-electron chi connectivity index (χ1n) is 4.41. The van der Waals surface area contributed by atoms with Crippen molar-refractivity contribution >= 4 is 11.6 Å². The quantitative estimate of drug-likeness (QED) is 0.781. The molecule has 3 nitrogen and oxygen atoms in total. The molecule has 2 aromatic heterocycles. The van der Waals surface area contributed by atoms with Crippen LogP contribution in [0, 0.1) is 0 Å². The van der Waals surface area contributed by atoms with Gasteiger partial charge < -0.3 is 4.74 Å². The van der Waals surface area contributed by atoms with E-state index in [1.807, 2.05) is 18.2 Å². The average molecular weight is 221 g/mol. The van der Waals surface area contributed by atoms with Crippen LogP contribution >= 0.6 is 11.6 Å². The van der Waals surface area contributed by atoms with Gasteiger partial charge in [-0.1, -0.05) is 11.6 Å². The highest BCUT2D eigenvalue weighted by Crippen LogP contribution is 2.29. The van der Waals surface area contributed by atoms with Crippen LogP contribution in [-0.4, -0.2) is 17.1 Å². The van der Waals surface area contributed by atoms with E-state index in [-0.39, 0.29) is 0 Å². The van der Waals surface area contributed by atoms with E-state index >= 15 is 0 Å². The summed E-state index contributed by atoms with van der Waals surface area (Å²) >= 11 is 5.89. The molecule has 0 aliphatic rings. The monoisotopic (exact) mass is 220 g/mol. The van der Waals surface area contributed by atoms with Crippen molar-refractivity contribution in [2.45, 2.75) is 0 Å². The van der Waals surface area contributed by atoms with Crippen molar-refractivity contribution in [3.8, 4) is 17.0 Å². The van der Waals surface area contributed by atoms with E-state index in [1.54, 1.807) is 25.7 Å². The number of hydrogen-bond acceptors (Lipinski definition) is 3. The lowest BCUT2D eigenvalue weighted by molar-refractivity contribution is 0.399. The number of ether oxygens (including phenoxy) is 1. The highest BCUT2D eigenvalue weighted by atomic mass is 35.5. The molecule has 2 rings (SSSR count). The summed E-state index contributed by atoms with van der Waals surface area (Å²) in [6, 6.07) is 5.59. The van der Waals surface area contributed by atoms with Gasteiger partial charge in [0.25, 0.3) is 0 Å². The molecule has 0 bridgehead atoms. The molecule has 0 aromatic carbocycles. The first kappa shape index (κ1) is 9.93. The smallest absolute Gasteiger partial charge is 0.221 e. The number of halogens is 1. The lowest BCUT2D eigenvalue weighted by atomic mass is 10.1. The summed E-state index contributed by atoms with van der Waals surface area (Å²) in [5.74, 6) is 0.561. The molecule has 0 aliphatic heterocycles. The third-order valence-electron chi connectivity index (χ3n) is 2.00. The van der Waals surface area contributed by atoms with Crippen LogP contribution in [0.3, 0.4) is 0 Å². The lowest BCUT2D eigenvalue weighted by Crippen LogP contribution is -1.91.